The lowest BCUT2D eigenvalue weighted by atomic mass is 9.84. The number of benzene rings is 2. The van der Waals surface area contributed by atoms with E-state index in [0.717, 1.165) is 48.3 Å². The third-order valence-corrected chi connectivity index (χ3v) is 7.93. The minimum Gasteiger partial charge on any atom is -0.486 e. The number of ether oxygens (including phenoxy) is 1. The summed E-state index contributed by atoms with van der Waals surface area (Å²) in [7, 11) is 0. The first kappa shape index (κ1) is 29.7. The average molecular weight is 542 g/mol. The minimum absolute atomic E-state index is 0.0729. The first-order chi connectivity index (χ1) is 18.9. The highest BCUT2D eigenvalue weighted by atomic mass is 16.5. The van der Waals surface area contributed by atoms with E-state index in [1.54, 1.807) is 0 Å². The van der Waals surface area contributed by atoms with Gasteiger partial charge < -0.3 is 15.2 Å². The lowest BCUT2D eigenvalue weighted by molar-refractivity contribution is -0.136. The van der Waals surface area contributed by atoms with Crippen LogP contribution in [0, 0.1) is 31.1 Å². The molecule has 0 heterocycles. The number of hydrogen-bond donors (Lipinski definition) is 2. The molecule has 2 N–H and O–H groups in total. The van der Waals surface area contributed by atoms with Crippen LogP contribution in [-0.2, 0) is 4.79 Å². The standard InChI is InChI=1S/C36H47NO3/c1-23(2)26-8-12-28(13-9-26)34-24(3)20-31(21-25(34)4)40-32(22-36(5,6)7)27-10-14-29(15-11-27)35(30-16-17-30)37-19-18-33(38)39/h8,10-15,20-21,23,26,32,37H,9,16-19,22H2,1-7H3,(H,38,39). The molecule has 0 radical (unpaired) electrons. The maximum absolute atomic E-state index is 11.0. The number of rotatable bonds is 11. The number of aliphatic carboxylic acids is 1. The summed E-state index contributed by atoms with van der Waals surface area (Å²) in [5.74, 6) is 1.41. The molecule has 0 spiro atoms. The summed E-state index contributed by atoms with van der Waals surface area (Å²) in [6, 6.07) is 13.0. The van der Waals surface area contributed by atoms with Crippen molar-refractivity contribution in [2.45, 2.75) is 86.7 Å². The Morgan fingerprint density at radius 2 is 1.73 bits per heavy atom. The maximum atomic E-state index is 11.0. The summed E-state index contributed by atoms with van der Waals surface area (Å²) in [5.41, 5.74) is 9.94. The Balaban J connectivity index is 1.55. The van der Waals surface area contributed by atoms with Crippen molar-refractivity contribution in [3.05, 3.63) is 88.0 Å². The molecular formula is C36H47NO3. The molecule has 0 aliphatic heterocycles. The largest absolute Gasteiger partial charge is 0.486 e. The summed E-state index contributed by atoms with van der Waals surface area (Å²) < 4.78 is 6.75. The molecule has 2 atom stereocenters. The summed E-state index contributed by atoms with van der Waals surface area (Å²) >= 11 is 0. The number of hydrogen-bond acceptors (Lipinski definition) is 3. The monoisotopic (exact) mass is 541 g/mol. The number of carboxylic acid groups (broad SMARTS) is 1. The number of nitrogens with one attached hydrogen (secondary N) is 1. The van der Waals surface area contributed by atoms with Crippen molar-refractivity contribution in [2.24, 2.45) is 17.3 Å². The van der Waals surface area contributed by atoms with Crippen molar-refractivity contribution in [1.82, 2.24) is 5.32 Å². The van der Waals surface area contributed by atoms with Gasteiger partial charge in [0.15, 0.2) is 0 Å². The van der Waals surface area contributed by atoms with Crippen molar-refractivity contribution in [3.8, 4) is 5.75 Å². The minimum atomic E-state index is -0.782. The number of carboxylic acids is 1. The van der Waals surface area contributed by atoms with Crippen molar-refractivity contribution in [2.75, 3.05) is 6.54 Å². The first-order valence-corrected chi connectivity index (χ1v) is 14.9. The van der Waals surface area contributed by atoms with Crippen molar-refractivity contribution in [3.63, 3.8) is 0 Å². The zero-order chi connectivity index (χ0) is 29.0. The number of carbonyl (C=O) groups is 1. The van der Waals surface area contributed by atoms with Gasteiger partial charge in [0.2, 0.25) is 0 Å². The zero-order valence-corrected chi connectivity index (χ0v) is 25.4. The van der Waals surface area contributed by atoms with Gasteiger partial charge in [0.25, 0.3) is 0 Å². The Morgan fingerprint density at radius 3 is 2.23 bits per heavy atom. The molecule has 214 valence electrons. The van der Waals surface area contributed by atoms with Gasteiger partial charge in [-0.25, -0.2) is 0 Å². The quantitative estimate of drug-likeness (QED) is 0.298. The van der Waals surface area contributed by atoms with Crippen LogP contribution >= 0.6 is 0 Å². The Kier molecular flexibility index (Phi) is 9.28. The van der Waals surface area contributed by atoms with Gasteiger partial charge in [-0.05, 0) is 108 Å². The Hall–Kier alpha value is -3.27. The van der Waals surface area contributed by atoms with E-state index < -0.39 is 5.97 Å². The molecule has 1 fully saturated rings. The molecule has 4 rings (SSSR count). The van der Waals surface area contributed by atoms with E-state index in [0.29, 0.717) is 18.4 Å². The molecule has 2 aliphatic carbocycles. The third-order valence-electron chi connectivity index (χ3n) is 7.93. The number of aryl methyl sites for hydroxylation is 2. The van der Waals surface area contributed by atoms with E-state index >= 15 is 0 Å². The Labute approximate surface area is 241 Å². The molecule has 4 nitrogen and oxygen atoms in total. The van der Waals surface area contributed by atoms with Crippen LogP contribution in [0.3, 0.4) is 0 Å². The molecule has 40 heavy (non-hydrogen) atoms. The van der Waals surface area contributed by atoms with Gasteiger partial charge in [0.1, 0.15) is 11.9 Å². The van der Waals surface area contributed by atoms with E-state index in [-0.39, 0.29) is 17.9 Å². The van der Waals surface area contributed by atoms with Gasteiger partial charge in [0, 0.05) is 12.2 Å². The fourth-order valence-electron chi connectivity index (χ4n) is 5.61. The van der Waals surface area contributed by atoms with Gasteiger partial charge in [0.05, 0.1) is 6.42 Å². The van der Waals surface area contributed by atoms with Crippen molar-refractivity contribution >= 4 is 17.2 Å². The van der Waals surface area contributed by atoms with Crippen molar-refractivity contribution < 1.29 is 14.6 Å². The zero-order valence-electron chi connectivity index (χ0n) is 25.4. The molecule has 0 aromatic heterocycles. The molecule has 1 saturated carbocycles. The molecule has 0 saturated heterocycles. The number of allylic oxidation sites excluding steroid dienone is 5. The average Bonchev–Trinajstić information content (AvgIpc) is 3.71. The van der Waals surface area contributed by atoms with Crippen LogP contribution in [0.1, 0.15) is 101 Å². The van der Waals surface area contributed by atoms with Crippen LogP contribution in [0.15, 0.2) is 60.2 Å². The van der Waals surface area contributed by atoms with Crippen LogP contribution in [0.2, 0.25) is 0 Å². The molecule has 0 amide bonds. The first-order valence-electron chi connectivity index (χ1n) is 14.9. The lowest BCUT2D eigenvalue weighted by Crippen LogP contribution is -2.18. The van der Waals surface area contributed by atoms with E-state index in [1.165, 1.54) is 27.8 Å². The van der Waals surface area contributed by atoms with E-state index in [2.05, 4.69) is 108 Å². The topological polar surface area (TPSA) is 58.6 Å². The van der Waals surface area contributed by atoms with E-state index in [9.17, 15) is 4.79 Å². The normalized spacial score (nSPS) is 17.4. The summed E-state index contributed by atoms with van der Waals surface area (Å²) in [6.45, 7) is 16.2. The second-order valence-electron chi connectivity index (χ2n) is 13.1. The predicted octanol–water partition coefficient (Wildman–Crippen LogP) is 9.04. The summed E-state index contributed by atoms with van der Waals surface area (Å²) in [5, 5.41) is 12.4. The third kappa shape index (κ3) is 7.90. The van der Waals surface area contributed by atoms with Gasteiger partial charge in [-0.15, -0.1) is 0 Å². The highest BCUT2D eigenvalue weighted by Gasteiger charge is 2.24. The Morgan fingerprint density at radius 1 is 1.07 bits per heavy atom. The summed E-state index contributed by atoms with van der Waals surface area (Å²) in [4.78, 5) is 11.0. The van der Waals surface area contributed by atoms with Crippen molar-refractivity contribution in [1.29, 1.82) is 0 Å². The Bertz CT molecular complexity index is 1280. The summed E-state index contributed by atoms with van der Waals surface area (Å²) in [6.07, 6.45) is 11.2. The van der Waals surface area contributed by atoms with Gasteiger partial charge >= 0.3 is 5.97 Å². The molecule has 2 aromatic rings. The van der Waals surface area contributed by atoms with Gasteiger partial charge in [-0.1, -0.05) is 77.1 Å². The molecule has 4 heteroatoms. The van der Waals surface area contributed by atoms with Crippen LogP contribution in [-0.4, -0.2) is 17.6 Å². The smallest absolute Gasteiger partial charge is 0.305 e. The van der Waals surface area contributed by atoms with Crippen LogP contribution in [0.5, 0.6) is 5.75 Å². The van der Waals surface area contributed by atoms with E-state index in [1.807, 2.05) is 0 Å². The SMILES string of the molecule is Cc1cc(OC(CC(C)(C)C)c2ccc(C(NCCC(=O)O)=C3CC3)cc2)cc(C)c1C1=CCC(C(C)C)C=C1. The fourth-order valence-corrected chi connectivity index (χ4v) is 5.61. The predicted molar refractivity (Wildman–Crippen MR) is 166 cm³/mol. The van der Waals surface area contributed by atoms with Gasteiger partial charge in [-0.3, -0.25) is 4.79 Å². The highest BCUT2D eigenvalue weighted by Crippen LogP contribution is 2.39. The second-order valence-corrected chi connectivity index (χ2v) is 13.1. The van der Waals surface area contributed by atoms with Crippen LogP contribution in [0.4, 0.5) is 0 Å². The van der Waals surface area contributed by atoms with E-state index in [4.69, 9.17) is 9.84 Å². The fraction of sp³-hybridized carbons (Fsp3) is 0.472. The second kappa shape index (κ2) is 12.5. The highest BCUT2D eigenvalue weighted by molar-refractivity contribution is 5.79. The van der Waals surface area contributed by atoms with Crippen LogP contribution < -0.4 is 10.1 Å². The molecular weight excluding hydrogens is 494 g/mol. The van der Waals surface area contributed by atoms with Gasteiger partial charge in [-0.2, -0.15) is 0 Å². The molecule has 2 aromatic carbocycles. The van der Waals surface area contributed by atoms with Crippen LogP contribution in [0.25, 0.3) is 11.3 Å². The molecule has 0 bridgehead atoms. The molecule has 2 aliphatic rings. The molecule has 2 unspecified atom stereocenters. The maximum Gasteiger partial charge on any atom is 0.305 e. The lowest BCUT2D eigenvalue weighted by Gasteiger charge is -2.28.